The second-order valence-electron chi connectivity index (χ2n) is 8.07. The predicted octanol–water partition coefficient (Wildman–Crippen LogP) is 4.21. The fraction of sp³-hybridized carbons (Fsp3) is 0.440. The van der Waals surface area contributed by atoms with Gasteiger partial charge in [0.05, 0.1) is 14.2 Å². The lowest BCUT2D eigenvalue weighted by molar-refractivity contribution is -0.146. The fourth-order valence-electron chi connectivity index (χ4n) is 4.38. The van der Waals surface area contributed by atoms with E-state index in [0.29, 0.717) is 35.5 Å². The lowest BCUT2D eigenvalue weighted by Gasteiger charge is -2.24. The number of hydrogen-bond acceptors (Lipinski definition) is 5. The number of hydrogen-bond donors (Lipinski definition) is 1. The fourth-order valence-corrected chi connectivity index (χ4v) is 4.38. The molecule has 1 aliphatic carbocycles. The van der Waals surface area contributed by atoms with Crippen LogP contribution in [0.5, 0.6) is 11.5 Å². The maximum Gasteiger partial charge on any atom is 0.317 e. The molecule has 1 unspecified atom stereocenters. The average molecular weight is 426 g/mol. The van der Waals surface area contributed by atoms with E-state index in [1.165, 1.54) is 19.8 Å². The molecule has 0 bridgehead atoms. The first kappa shape index (κ1) is 22.8. The van der Waals surface area contributed by atoms with Crippen molar-refractivity contribution in [1.29, 1.82) is 0 Å². The van der Waals surface area contributed by atoms with E-state index in [4.69, 9.17) is 9.47 Å². The predicted molar refractivity (Wildman–Crippen MR) is 119 cm³/mol. The van der Waals surface area contributed by atoms with Crippen LogP contribution < -0.4 is 9.47 Å². The number of nitrogens with zero attached hydrogens (tertiary/aromatic N) is 1. The van der Waals surface area contributed by atoms with E-state index in [2.05, 4.69) is 24.0 Å². The minimum atomic E-state index is -1.41. The van der Waals surface area contributed by atoms with Crippen molar-refractivity contribution in [3.8, 4) is 11.5 Å². The molecule has 1 atom stereocenters. The van der Waals surface area contributed by atoms with E-state index in [1.54, 1.807) is 12.1 Å². The van der Waals surface area contributed by atoms with E-state index in [-0.39, 0.29) is 12.2 Å². The van der Waals surface area contributed by atoms with E-state index >= 15 is 0 Å². The van der Waals surface area contributed by atoms with Crippen molar-refractivity contribution < 1.29 is 24.2 Å². The van der Waals surface area contributed by atoms with E-state index in [1.807, 2.05) is 18.2 Å². The molecule has 2 aromatic rings. The number of carbonyl (C=O) groups excluding carboxylic acids is 1. The number of Topliss-reactive ketones (excluding diaryl/α,β-unsaturated/α-hetero) is 1. The van der Waals surface area contributed by atoms with Gasteiger partial charge in [0.25, 0.3) is 0 Å². The largest absolute Gasteiger partial charge is 0.493 e. The second-order valence-corrected chi connectivity index (χ2v) is 8.07. The standard InChI is InChI=1S/C25H31NO5/c1-4-26(17-18-10-6-5-7-11-18)13-9-8-12-25(24(28)29)16-19-14-21(30-2)22(31-3)15-20(19)23(25)27/h5-7,10-11,14-15H,4,8-9,12-13,16-17H2,1-3H3,(H,28,29). The van der Waals surface area contributed by atoms with Crippen LogP contribution in [-0.2, 0) is 17.8 Å². The Balaban J connectivity index is 1.65. The minimum Gasteiger partial charge on any atom is -0.493 e. The Morgan fingerprint density at radius 1 is 1.10 bits per heavy atom. The van der Waals surface area contributed by atoms with Crippen LogP contribution in [0.2, 0.25) is 0 Å². The Morgan fingerprint density at radius 2 is 1.77 bits per heavy atom. The van der Waals surface area contributed by atoms with Crippen LogP contribution >= 0.6 is 0 Å². The highest BCUT2D eigenvalue weighted by molar-refractivity contribution is 6.16. The number of aliphatic carboxylic acids is 1. The first-order chi connectivity index (χ1) is 14.9. The van der Waals surface area contributed by atoms with Crippen molar-refractivity contribution in [2.24, 2.45) is 5.41 Å². The minimum absolute atomic E-state index is 0.193. The Hall–Kier alpha value is -2.86. The molecule has 31 heavy (non-hydrogen) atoms. The van der Waals surface area contributed by atoms with Gasteiger partial charge in [0.1, 0.15) is 5.41 Å². The van der Waals surface area contributed by atoms with Crippen LogP contribution in [-0.4, -0.2) is 49.1 Å². The quantitative estimate of drug-likeness (QED) is 0.429. The molecule has 166 valence electrons. The van der Waals surface area contributed by atoms with Crippen LogP contribution in [0.25, 0.3) is 0 Å². The zero-order valence-corrected chi connectivity index (χ0v) is 18.5. The SMILES string of the molecule is CCN(CCCCC1(C(=O)O)Cc2cc(OC)c(OC)cc2C1=O)Cc1ccccc1. The zero-order valence-electron chi connectivity index (χ0n) is 18.5. The summed E-state index contributed by atoms with van der Waals surface area (Å²) in [6.07, 6.45) is 2.03. The van der Waals surface area contributed by atoms with Crippen molar-refractivity contribution >= 4 is 11.8 Å². The molecule has 0 heterocycles. The highest BCUT2D eigenvalue weighted by atomic mass is 16.5. The molecule has 0 aromatic heterocycles. The van der Waals surface area contributed by atoms with Gasteiger partial charge in [0.2, 0.25) is 0 Å². The van der Waals surface area contributed by atoms with Crippen LogP contribution in [0.3, 0.4) is 0 Å². The maximum atomic E-state index is 13.2. The Bertz CT molecular complexity index is 927. The third-order valence-corrected chi connectivity index (χ3v) is 6.21. The van der Waals surface area contributed by atoms with Gasteiger partial charge in [0.15, 0.2) is 17.3 Å². The van der Waals surface area contributed by atoms with Crippen LogP contribution in [0.15, 0.2) is 42.5 Å². The molecule has 6 nitrogen and oxygen atoms in total. The average Bonchev–Trinajstić information content (AvgIpc) is 3.07. The van der Waals surface area contributed by atoms with Gasteiger partial charge in [0, 0.05) is 12.1 Å². The molecule has 1 N–H and O–H groups in total. The summed E-state index contributed by atoms with van der Waals surface area (Å²) in [7, 11) is 3.03. The third kappa shape index (κ3) is 4.74. The topological polar surface area (TPSA) is 76.1 Å². The number of rotatable bonds is 11. The number of carbonyl (C=O) groups is 2. The van der Waals surface area contributed by atoms with Gasteiger partial charge in [-0.15, -0.1) is 0 Å². The number of carboxylic acid groups (broad SMARTS) is 1. The van der Waals surface area contributed by atoms with Gasteiger partial charge >= 0.3 is 5.97 Å². The Morgan fingerprint density at radius 3 is 2.39 bits per heavy atom. The second kappa shape index (κ2) is 9.96. The molecule has 2 aromatic carbocycles. The van der Waals surface area contributed by atoms with E-state index < -0.39 is 11.4 Å². The summed E-state index contributed by atoms with van der Waals surface area (Å²) in [4.78, 5) is 27.7. The third-order valence-electron chi connectivity index (χ3n) is 6.21. The highest BCUT2D eigenvalue weighted by Crippen LogP contribution is 2.45. The molecule has 0 fully saturated rings. The number of benzene rings is 2. The molecule has 1 aliphatic rings. The van der Waals surface area contributed by atoms with E-state index in [9.17, 15) is 14.7 Å². The summed E-state index contributed by atoms with van der Waals surface area (Å²) in [5.41, 5.74) is 0.996. The van der Waals surface area contributed by atoms with Crippen molar-refractivity contribution in [3.05, 3.63) is 59.2 Å². The van der Waals surface area contributed by atoms with Gasteiger partial charge in [-0.1, -0.05) is 43.7 Å². The van der Waals surface area contributed by atoms with Gasteiger partial charge in [-0.05, 0) is 55.6 Å². The lowest BCUT2D eigenvalue weighted by Crippen LogP contribution is -2.37. The first-order valence-corrected chi connectivity index (χ1v) is 10.7. The molecule has 0 spiro atoms. The van der Waals surface area contributed by atoms with Gasteiger partial charge in [-0.2, -0.15) is 0 Å². The van der Waals surface area contributed by atoms with Crippen molar-refractivity contribution in [3.63, 3.8) is 0 Å². The summed E-state index contributed by atoms with van der Waals surface area (Å²) in [5, 5.41) is 10.0. The highest BCUT2D eigenvalue weighted by Gasteiger charge is 2.51. The molecular formula is C25H31NO5. The van der Waals surface area contributed by atoms with Crippen molar-refractivity contribution in [2.75, 3.05) is 27.3 Å². The summed E-state index contributed by atoms with van der Waals surface area (Å²) in [6, 6.07) is 13.6. The van der Waals surface area contributed by atoms with E-state index in [0.717, 1.165) is 26.1 Å². The van der Waals surface area contributed by atoms with Gasteiger partial charge < -0.3 is 14.6 Å². The van der Waals surface area contributed by atoms with Crippen LogP contribution in [0, 0.1) is 5.41 Å². The molecule has 3 rings (SSSR count). The van der Waals surface area contributed by atoms with Gasteiger partial charge in [-0.25, -0.2) is 0 Å². The number of fused-ring (bicyclic) bond motifs is 1. The summed E-state index contributed by atoms with van der Waals surface area (Å²) < 4.78 is 10.6. The monoisotopic (exact) mass is 425 g/mol. The molecule has 6 heteroatoms. The first-order valence-electron chi connectivity index (χ1n) is 10.7. The summed E-state index contributed by atoms with van der Waals surface area (Å²) in [5.74, 6) is -0.430. The van der Waals surface area contributed by atoms with Crippen molar-refractivity contribution in [1.82, 2.24) is 4.90 Å². The zero-order chi connectivity index (χ0) is 22.4. The van der Waals surface area contributed by atoms with Crippen molar-refractivity contribution in [2.45, 2.75) is 39.2 Å². The number of unbranched alkanes of at least 4 members (excludes halogenated alkanes) is 1. The maximum absolute atomic E-state index is 13.2. The summed E-state index contributed by atoms with van der Waals surface area (Å²) in [6.45, 7) is 4.78. The Kier molecular flexibility index (Phi) is 7.33. The molecular weight excluding hydrogens is 394 g/mol. The normalized spacial score (nSPS) is 17.6. The molecule has 0 amide bonds. The molecule has 0 aliphatic heterocycles. The molecule has 0 saturated heterocycles. The number of carboxylic acids is 1. The Labute approximate surface area is 183 Å². The smallest absolute Gasteiger partial charge is 0.317 e. The van der Waals surface area contributed by atoms with Gasteiger partial charge in [-0.3, -0.25) is 14.5 Å². The molecule has 0 saturated carbocycles. The van der Waals surface area contributed by atoms with Crippen LogP contribution in [0.1, 0.15) is 47.7 Å². The lowest BCUT2D eigenvalue weighted by atomic mass is 9.79. The van der Waals surface area contributed by atoms with Crippen LogP contribution in [0.4, 0.5) is 0 Å². The molecule has 0 radical (unpaired) electrons. The number of ether oxygens (including phenoxy) is 2. The number of ketones is 1. The summed E-state index contributed by atoms with van der Waals surface area (Å²) >= 11 is 0. The number of methoxy groups -OCH3 is 2.